The molecule has 1 aliphatic rings. The van der Waals surface area contributed by atoms with Gasteiger partial charge in [0.1, 0.15) is 0 Å². The lowest BCUT2D eigenvalue weighted by atomic mass is 9.97. The van der Waals surface area contributed by atoms with Crippen LogP contribution in [0.2, 0.25) is 0 Å². The van der Waals surface area contributed by atoms with Crippen LogP contribution in [0.4, 0.5) is 0 Å². The number of rotatable bonds is 3. The van der Waals surface area contributed by atoms with Gasteiger partial charge in [-0.05, 0) is 12.8 Å². The molecule has 4 nitrogen and oxygen atoms in total. The minimum absolute atomic E-state index is 0.00903. The van der Waals surface area contributed by atoms with Gasteiger partial charge in [-0.2, -0.15) is 5.26 Å². The predicted octanol–water partition coefficient (Wildman–Crippen LogP) is 0.630. The van der Waals surface area contributed by atoms with Gasteiger partial charge in [0.2, 0.25) is 5.91 Å². The van der Waals surface area contributed by atoms with Gasteiger partial charge in [0.05, 0.1) is 18.0 Å². The molecule has 1 rings (SSSR count). The first kappa shape index (κ1) is 11.0. The minimum atomic E-state index is -0.649. The first-order chi connectivity index (χ1) is 6.60. The van der Waals surface area contributed by atoms with Crippen molar-refractivity contribution in [2.45, 2.75) is 37.6 Å². The molecule has 0 bridgehead atoms. The molecule has 0 unspecified atom stereocenters. The smallest absolute Gasteiger partial charge is 0.242 e. The molecule has 1 saturated carbocycles. The third kappa shape index (κ3) is 2.24. The third-order valence-corrected chi connectivity index (χ3v) is 2.83. The molecule has 0 aliphatic heterocycles. The van der Waals surface area contributed by atoms with Crippen LogP contribution in [-0.4, -0.2) is 29.9 Å². The van der Waals surface area contributed by atoms with Gasteiger partial charge in [-0.25, -0.2) is 0 Å². The Balaban J connectivity index is 2.51. The molecule has 0 spiro atoms. The van der Waals surface area contributed by atoms with E-state index >= 15 is 0 Å². The van der Waals surface area contributed by atoms with Gasteiger partial charge < -0.3 is 10.6 Å². The van der Waals surface area contributed by atoms with Gasteiger partial charge in [0.15, 0.2) is 0 Å². The van der Waals surface area contributed by atoms with E-state index in [2.05, 4.69) is 0 Å². The fourth-order valence-electron chi connectivity index (χ4n) is 1.92. The fourth-order valence-corrected chi connectivity index (χ4v) is 1.92. The van der Waals surface area contributed by atoms with Crippen LogP contribution in [0, 0.1) is 11.3 Å². The van der Waals surface area contributed by atoms with E-state index in [1.807, 2.05) is 6.07 Å². The summed E-state index contributed by atoms with van der Waals surface area (Å²) < 4.78 is 0. The average molecular weight is 195 g/mol. The van der Waals surface area contributed by atoms with E-state index in [0.29, 0.717) is 13.0 Å². The molecule has 0 radical (unpaired) electrons. The summed E-state index contributed by atoms with van der Waals surface area (Å²) in [6.07, 6.45) is 4.01. The van der Waals surface area contributed by atoms with Gasteiger partial charge in [0.25, 0.3) is 0 Å². The molecule has 0 aromatic heterocycles. The van der Waals surface area contributed by atoms with Crippen LogP contribution in [-0.2, 0) is 4.79 Å². The zero-order chi connectivity index (χ0) is 10.6. The van der Waals surface area contributed by atoms with Crippen LogP contribution in [0.3, 0.4) is 0 Å². The van der Waals surface area contributed by atoms with Crippen LogP contribution in [0.1, 0.15) is 32.1 Å². The zero-order valence-corrected chi connectivity index (χ0v) is 8.62. The van der Waals surface area contributed by atoms with E-state index < -0.39 is 5.54 Å². The Morgan fingerprint density at radius 3 is 2.64 bits per heavy atom. The highest BCUT2D eigenvalue weighted by Gasteiger charge is 2.38. The molecule has 0 aromatic carbocycles. The summed E-state index contributed by atoms with van der Waals surface area (Å²) in [6.45, 7) is 0.480. The van der Waals surface area contributed by atoms with Crippen molar-refractivity contribution in [3.63, 3.8) is 0 Å². The first-order valence-corrected chi connectivity index (χ1v) is 5.01. The number of carbonyl (C=O) groups is 1. The van der Waals surface area contributed by atoms with Crippen molar-refractivity contribution in [3.8, 4) is 6.07 Å². The number of amides is 1. The average Bonchev–Trinajstić information content (AvgIpc) is 2.61. The highest BCUT2D eigenvalue weighted by molar-refractivity contribution is 5.86. The maximum absolute atomic E-state index is 11.9. The molecule has 0 atom stereocenters. The molecular formula is C10H17N3O. The largest absolute Gasteiger partial charge is 0.343 e. The van der Waals surface area contributed by atoms with Crippen LogP contribution >= 0.6 is 0 Å². The van der Waals surface area contributed by atoms with Gasteiger partial charge in [-0.1, -0.05) is 12.8 Å². The van der Waals surface area contributed by atoms with Crippen molar-refractivity contribution < 1.29 is 4.79 Å². The van der Waals surface area contributed by atoms with Gasteiger partial charge in [-0.3, -0.25) is 4.79 Å². The second-order valence-electron chi connectivity index (χ2n) is 4.00. The minimum Gasteiger partial charge on any atom is -0.343 e. The highest BCUT2D eigenvalue weighted by Crippen LogP contribution is 2.28. The number of hydrogen-bond donors (Lipinski definition) is 1. The van der Waals surface area contributed by atoms with Crippen molar-refractivity contribution in [1.29, 1.82) is 5.26 Å². The molecule has 2 N–H and O–H groups in total. The lowest BCUT2D eigenvalue weighted by Crippen LogP contribution is -2.52. The first-order valence-electron chi connectivity index (χ1n) is 5.01. The maximum Gasteiger partial charge on any atom is 0.242 e. The van der Waals surface area contributed by atoms with Crippen molar-refractivity contribution in [3.05, 3.63) is 0 Å². The van der Waals surface area contributed by atoms with Gasteiger partial charge in [-0.15, -0.1) is 0 Å². The van der Waals surface area contributed by atoms with E-state index in [0.717, 1.165) is 25.7 Å². The molecule has 78 valence electrons. The Kier molecular flexibility index (Phi) is 3.48. The molecule has 0 saturated heterocycles. The van der Waals surface area contributed by atoms with E-state index in [1.54, 1.807) is 11.9 Å². The molecule has 0 aromatic rings. The van der Waals surface area contributed by atoms with Crippen molar-refractivity contribution in [2.24, 2.45) is 5.73 Å². The van der Waals surface area contributed by atoms with E-state index in [-0.39, 0.29) is 5.91 Å². The summed E-state index contributed by atoms with van der Waals surface area (Å²) in [5.41, 5.74) is 5.35. The molecule has 14 heavy (non-hydrogen) atoms. The summed E-state index contributed by atoms with van der Waals surface area (Å²) in [4.78, 5) is 13.4. The topological polar surface area (TPSA) is 70.1 Å². The van der Waals surface area contributed by atoms with Crippen LogP contribution in [0.15, 0.2) is 0 Å². The third-order valence-electron chi connectivity index (χ3n) is 2.83. The standard InChI is InChI=1S/C10H17N3O/c1-13(8-4-7-11)9(14)10(12)5-2-3-6-10/h2-6,8,12H2,1H3. The number of hydrogen-bond acceptors (Lipinski definition) is 3. The van der Waals surface area contributed by atoms with Crippen molar-refractivity contribution in [1.82, 2.24) is 4.90 Å². The Morgan fingerprint density at radius 2 is 2.14 bits per heavy atom. The van der Waals surface area contributed by atoms with E-state index in [4.69, 9.17) is 11.0 Å². The Labute approximate surface area is 84.7 Å². The molecule has 4 heteroatoms. The molecule has 1 fully saturated rings. The van der Waals surface area contributed by atoms with Crippen LogP contribution < -0.4 is 5.73 Å². The number of nitrogens with two attached hydrogens (primary N) is 1. The monoisotopic (exact) mass is 195 g/mol. The molecule has 1 amide bonds. The van der Waals surface area contributed by atoms with Gasteiger partial charge in [0, 0.05) is 13.6 Å². The normalized spacial score (nSPS) is 18.9. The summed E-state index contributed by atoms with van der Waals surface area (Å²) in [7, 11) is 1.71. The van der Waals surface area contributed by atoms with Crippen LogP contribution in [0.25, 0.3) is 0 Å². The summed E-state index contributed by atoms with van der Waals surface area (Å²) in [6, 6.07) is 2.02. The lowest BCUT2D eigenvalue weighted by molar-refractivity contribution is -0.135. The Morgan fingerprint density at radius 1 is 1.57 bits per heavy atom. The number of nitriles is 1. The quantitative estimate of drug-likeness (QED) is 0.718. The van der Waals surface area contributed by atoms with E-state index in [1.165, 1.54) is 0 Å². The molecular weight excluding hydrogens is 178 g/mol. The molecule has 0 heterocycles. The van der Waals surface area contributed by atoms with Crippen molar-refractivity contribution >= 4 is 5.91 Å². The number of carbonyl (C=O) groups excluding carboxylic acids is 1. The van der Waals surface area contributed by atoms with Crippen molar-refractivity contribution in [2.75, 3.05) is 13.6 Å². The lowest BCUT2D eigenvalue weighted by Gasteiger charge is -2.28. The Bertz CT molecular complexity index is 251. The summed E-state index contributed by atoms with van der Waals surface area (Å²) in [5.74, 6) is -0.00903. The zero-order valence-electron chi connectivity index (χ0n) is 8.62. The highest BCUT2D eigenvalue weighted by atomic mass is 16.2. The van der Waals surface area contributed by atoms with Crippen LogP contribution in [0.5, 0.6) is 0 Å². The molecule has 1 aliphatic carbocycles. The number of likely N-dealkylation sites (N-methyl/N-ethyl adjacent to an activating group) is 1. The second-order valence-corrected chi connectivity index (χ2v) is 4.00. The second kappa shape index (κ2) is 4.43. The summed E-state index contributed by atoms with van der Waals surface area (Å²) in [5, 5.41) is 8.41. The Hall–Kier alpha value is -1.08. The fraction of sp³-hybridized carbons (Fsp3) is 0.800. The SMILES string of the molecule is CN(CCC#N)C(=O)C1(N)CCCC1. The summed E-state index contributed by atoms with van der Waals surface area (Å²) >= 11 is 0. The predicted molar refractivity (Wildman–Crippen MR) is 53.3 cm³/mol. The van der Waals surface area contributed by atoms with Gasteiger partial charge >= 0.3 is 0 Å². The maximum atomic E-state index is 11.9. The number of nitrogens with zero attached hydrogens (tertiary/aromatic N) is 2. The van der Waals surface area contributed by atoms with E-state index in [9.17, 15) is 4.79 Å².